The Labute approximate surface area is 145 Å². The van der Waals surface area contributed by atoms with Gasteiger partial charge in [-0.25, -0.2) is 4.79 Å². The molecule has 1 fully saturated rings. The van der Waals surface area contributed by atoms with Crippen molar-refractivity contribution in [3.8, 4) is 0 Å². The fourth-order valence-corrected chi connectivity index (χ4v) is 2.97. The van der Waals surface area contributed by atoms with Crippen molar-refractivity contribution in [2.24, 2.45) is 0 Å². The van der Waals surface area contributed by atoms with Crippen LogP contribution in [-0.2, 0) is 6.54 Å². The molecule has 0 atom stereocenters. The van der Waals surface area contributed by atoms with Crippen molar-refractivity contribution in [1.29, 1.82) is 0 Å². The summed E-state index contributed by atoms with van der Waals surface area (Å²) in [5.74, 6) is 0. The van der Waals surface area contributed by atoms with E-state index in [0.717, 1.165) is 36.2 Å². The number of hydrogen-bond acceptors (Lipinski definition) is 2. The van der Waals surface area contributed by atoms with Gasteiger partial charge in [0.1, 0.15) is 0 Å². The van der Waals surface area contributed by atoms with E-state index in [9.17, 15) is 4.79 Å². The summed E-state index contributed by atoms with van der Waals surface area (Å²) in [6, 6.07) is 18.3. The van der Waals surface area contributed by atoms with Crippen LogP contribution in [0.3, 0.4) is 0 Å². The van der Waals surface area contributed by atoms with Gasteiger partial charge in [-0.15, -0.1) is 0 Å². The van der Waals surface area contributed by atoms with Crippen LogP contribution < -0.4 is 10.2 Å². The molecule has 1 N–H and O–H groups in total. The average molecular weight is 374 g/mol. The van der Waals surface area contributed by atoms with Crippen molar-refractivity contribution >= 4 is 27.6 Å². The van der Waals surface area contributed by atoms with E-state index >= 15 is 0 Å². The number of urea groups is 1. The largest absolute Gasteiger partial charge is 0.368 e. The second-order valence-corrected chi connectivity index (χ2v) is 6.51. The molecule has 2 aromatic rings. The maximum atomic E-state index is 12.2. The van der Waals surface area contributed by atoms with E-state index in [4.69, 9.17) is 0 Å². The first-order valence-electron chi connectivity index (χ1n) is 7.79. The normalized spacial score (nSPS) is 14.7. The van der Waals surface area contributed by atoms with Crippen LogP contribution in [-0.4, -0.2) is 37.1 Å². The van der Waals surface area contributed by atoms with Crippen LogP contribution >= 0.6 is 15.9 Å². The lowest BCUT2D eigenvalue weighted by Crippen LogP contribution is -2.51. The molecular formula is C18H20BrN3O. The molecule has 0 aromatic heterocycles. The van der Waals surface area contributed by atoms with Gasteiger partial charge < -0.3 is 15.1 Å². The Morgan fingerprint density at radius 3 is 2.26 bits per heavy atom. The minimum Gasteiger partial charge on any atom is -0.368 e. The maximum Gasteiger partial charge on any atom is 0.317 e. The monoisotopic (exact) mass is 373 g/mol. The highest BCUT2D eigenvalue weighted by Gasteiger charge is 2.20. The highest BCUT2D eigenvalue weighted by Crippen LogP contribution is 2.19. The van der Waals surface area contributed by atoms with Gasteiger partial charge in [-0.2, -0.15) is 0 Å². The first kappa shape index (κ1) is 15.9. The van der Waals surface area contributed by atoms with Crippen LogP contribution in [0, 0.1) is 0 Å². The van der Waals surface area contributed by atoms with Gasteiger partial charge in [0.2, 0.25) is 0 Å². The maximum absolute atomic E-state index is 12.2. The molecule has 23 heavy (non-hydrogen) atoms. The van der Waals surface area contributed by atoms with Gasteiger partial charge in [0.25, 0.3) is 0 Å². The van der Waals surface area contributed by atoms with E-state index in [0.29, 0.717) is 6.54 Å². The summed E-state index contributed by atoms with van der Waals surface area (Å²) in [4.78, 5) is 16.4. The molecule has 3 rings (SSSR count). The highest BCUT2D eigenvalue weighted by molar-refractivity contribution is 9.10. The number of benzene rings is 2. The van der Waals surface area contributed by atoms with Gasteiger partial charge in [-0.3, -0.25) is 0 Å². The van der Waals surface area contributed by atoms with Crippen molar-refractivity contribution in [3.63, 3.8) is 0 Å². The van der Waals surface area contributed by atoms with E-state index < -0.39 is 0 Å². The van der Waals surface area contributed by atoms with Crippen molar-refractivity contribution in [1.82, 2.24) is 10.2 Å². The Morgan fingerprint density at radius 2 is 1.61 bits per heavy atom. The first-order chi connectivity index (χ1) is 11.2. The molecular weight excluding hydrogens is 354 g/mol. The van der Waals surface area contributed by atoms with Crippen molar-refractivity contribution in [3.05, 3.63) is 64.6 Å². The van der Waals surface area contributed by atoms with Crippen molar-refractivity contribution in [2.75, 3.05) is 31.1 Å². The number of nitrogens with zero attached hydrogens (tertiary/aromatic N) is 2. The summed E-state index contributed by atoms with van der Waals surface area (Å²) < 4.78 is 1.08. The van der Waals surface area contributed by atoms with Crippen molar-refractivity contribution < 1.29 is 4.79 Å². The number of carbonyl (C=O) groups is 1. The quantitative estimate of drug-likeness (QED) is 0.893. The number of halogens is 1. The van der Waals surface area contributed by atoms with E-state index in [1.807, 2.05) is 47.4 Å². The van der Waals surface area contributed by atoms with E-state index in [1.165, 1.54) is 5.69 Å². The molecule has 0 aliphatic carbocycles. The van der Waals surface area contributed by atoms with Gasteiger partial charge in [-0.1, -0.05) is 46.3 Å². The van der Waals surface area contributed by atoms with Crippen molar-refractivity contribution in [2.45, 2.75) is 6.54 Å². The second kappa shape index (κ2) is 7.51. The Morgan fingerprint density at radius 1 is 0.957 bits per heavy atom. The molecule has 5 heteroatoms. The smallest absolute Gasteiger partial charge is 0.317 e. The number of piperazine rings is 1. The number of rotatable bonds is 3. The minimum absolute atomic E-state index is 0.0179. The lowest BCUT2D eigenvalue weighted by atomic mass is 10.2. The fourth-order valence-electron chi connectivity index (χ4n) is 2.70. The predicted molar refractivity (Wildman–Crippen MR) is 96.6 cm³/mol. The average Bonchev–Trinajstić information content (AvgIpc) is 2.61. The molecule has 1 aliphatic heterocycles. The van der Waals surface area contributed by atoms with Crippen LogP contribution in [0.15, 0.2) is 59.1 Å². The third-order valence-electron chi connectivity index (χ3n) is 4.05. The second-order valence-electron chi connectivity index (χ2n) is 5.59. The Kier molecular flexibility index (Phi) is 5.18. The molecule has 2 aromatic carbocycles. The molecule has 0 bridgehead atoms. The SMILES string of the molecule is O=C(NCc1ccccc1)N1CCN(c2ccc(Br)cc2)CC1. The summed E-state index contributed by atoms with van der Waals surface area (Å²) in [5.41, 5.74) is 2.33. The zero-order chi connectivity index (χ0) is 16.1. The van der Waals surface area contributed by atoms with Gasteiger partial charge in [0.15, 0.2) is 0 Å². The fraction of sp³-hybridized carbons (Fsp3) is 0.278. The van der Waals surface area contributed by atoms with Crippen LogP contribution in [0.2, 0.25) is 0 Å². The van der Waals surface area contributed by atoms with E-state index in [2.05, 4.69) is 38.3 Å². The zero-order valence-corrected chi connectivity index (χ0v) is 14.5. The zero-order valence-electron chi connectivity index (χ0n) is 12.9. The van der Waals surface area contributed by atoms with Gasteiger partial charge in [-0.05, 0) is 29.8 Å². The topological polar surface area (TPSA) is 35.6 Å². The van der Waals surface area contributed by atoms with Crippen LogP contribution in [0.4, 0.5) is 10.5 Å². The third-order valence-corrected chi connectivity index (χ3v) is 4.57. The van der Waals surface area contributed by atoms with Crippen LogP contribution in [0.5, 0.6) is 0 Å². The van der Waals surface area contributed by atoms with Gasteiger partial charge in [0.05, 0.1) is 0 Å². The van der Waals surface area contributed by atoms with Gasteiger partial charge >= 0.3 is 6.03 Å². The summed E-state index contributed by atoms with van der Waals surface area (Å²) in [6.07, 6.45) is 0. The van der Waals surface area contributed by atoms with Gasteiger partial charge in [0, 0.05) is 42.9 Å². The molecule has 1 aliphatic rings. The summed E-state index contributed by atoms with van der Waals surface area (Å²) >= 11 is 3.45. The lowest BCUT2D eigenvalue weighted by molar-refractivity contribution is 0.194. The third kappa shape index (κ3) is 4.26. The molecule has 120 valence electrons. The number of amides is 2. The minimum atomic E-state index is 0.0179. The molecule has 0 spiro atoms. The summed E-state index contributed by atoms with van der Waals surface area (Å²) in [7, 11) is 0. The van der Waals surface area contributed by atoms with Crippen LogP contribution in [0.1, 0.15) is 5.56 Å². The standard InChI is InChI=1S/C18H20BrN3O/c19-16-6-8-17(9-7-16)21-10-12-22(13-11-21)18(23)20-14-15-4-2-1-3-5-15/h1-9H,10-14H2,(H,20,23). The van der Waals surface area contributed by atoms with E-state index in [-0.39, 0.29) is 6.03 Å². The molecule has 1 saturated heterocycles. The Hall–Kier alpha value is -2.01. The molecule has 1 heterocycles. The summed E-state index contributed by atoms with van der Waals surface area (Å²) in [5, 5.41) is 2.99. The Balaban J connectivity index is 1.48. The van der Waals surface area contributed by atoms with E-state index in [1.54, 1.807) is 0 Å². The van der Waals surface area contributed by atoms with Crippen LogP contribution in [0.25, 0.3) is 0 Å². The molecule has 4 nitrogen and oxygen atoms in total. The number of hydrogen-bond donors (Lipinski definition) is 1. The Bertz CT molecular complexity index is 637. The molecule has 2 amide bonds. The number of nitrogens with one attached hydrogen (secondary N) is 1. The lowest BCUT2D eigenvalue weighted by Gasteiger charge is -2.36. The molecule has 0 unspecified atom stereocenters. The summed E-state index contributed by atoms with van der Waals surface area (Å²) in [6.45, 7) is 3.79. The molecule has 0 radical (unpaired) electrons. The first-order valence-corrected chi connectivity index (χ1v) is 8.59. The highest BCUT2D eigenvalue weighted by atomic mass is 79.9. The predicted octanol–water partition coefficient (Wildman–Crippen LogP) is 3.48. The molecule has 0 saturated carbocycles. The number of anilines is 1. The number of carbonyl (C=O) groups excluding carboxylic acids is 1.